The summed E-state index contributed by atoms with van der Waals surface area (Å²) in [6, 6.07) is 12.5. The first-order valence-electron chi connectivity index (χ1n) is 6.93. The lowest BCUT2D eigenvalue weighted by Crippen LogP contribution is -2.63. The van der Waals surface area contributed by atoms with Crippen LogP contribution in [0.25, 0.3) is 0 Å². The van der Waals surface area contributed by atoms with Crippen LogP contribution in [0.4, 0.5) is 0 Å². The van der Waals surface area contributed by atoms with Crippen LogP contribution in [0.1, 0.15) is 24.3 Å². The van der Waals surface area contributed by atoms with Crippen LogP contribution in [0, 0.1) is 11.8 Å². The maximum absolute atomic E-state index is 3.90. The van der Waals surface area contributed by atoms with E-state index >= 15 is 0 Å². The number of hydrogen-bond acceptors (Lipinski definition) is 2. The van der Waals surface area contributed by atoms with Crippen molar-refractivity contribution in [3.63, 3.8) is 0 Å². The van der Waals surface area contributed by atoms with Crippen molar-refractivity contribution in [3.05, 3.63) is 35.9 Å². The molecule has 0 amide bonds. The summed E-state index contributed by atoms with van der Waals surface area (Å²) in [4.78, 5) is 0. The van der Waals surface area contributed by atoms with Gasteiger partial charge in [0, 0.05) is 18.0 Å². The van der Waals surface area contributed by atoms with Gasteiger partial charge in [-0.1, -0.05) is 30.3 Å². The SMILES string of the molecule is c1ccc(C2CC2NC2C3CNC[C@@H]2C3)cc1. The minimum absolute atomic E-state index is 0.755. The van der Waals surface area contributed by atoms with Crippen LogP contribution < -0.4 is 10.6 Å². The van der Waals surface area contributed by atoms with E-state index in [0.29, 0.717) is 0 Å². The molecular weight excluding hydrogens is 208 g/mol. The zero-order chi connectivity index (χ0) is 11.2. The highest BCUT2D eigenvalue weighted by molar-refractivity contribution is 5.28. The molecule has 2 bridgehead atoms. The van der Waals surface area contributed by atoms with Gasteiger partial charge in [-0.3, -0.25) is 0 Å². The molecule has 2 nitrogen and oxygen atoms in total. The second-order valence-electron chi connectivity index (χ2n) is 5.97. The molecule has 1 aromatic carbocycles. The van der Waals surface area contributed by atoms with Gasteiger partial charge in [0.1, 0.15) is 0 Å². The summed E-state index contributed by atoms with van der Waals surface area (Å²) >= 11 is 0. The highest BCUT2D eigenvalue weighted by Crippen LogP contribution is 2.44. The molecule has 3 aliphatic rings. The predicted octanol–water partition coefficient (Wildman–Crippen LogP) is 1.74. The Hall–Kier alpha value is -0.860. The summed E-state index contributed by atoms with van der Waals surface area (Å²) in [7, 11) is 0. The fraction of sp³-hybridized carbons (Fsp3) is 0.600. The Morgan fingerprint density at radius 2 is 1.76 bits per heavy atom. The van der Waals surface area contributed by atoms with Crippen molar-refractivity contribution in [2.45, 2.75) is 30.8 Å². The lowest BCUT2D eigenvalue weighted by molar-refractivity contribution is 0.0652. The van der Waals surface area contributed by atoms with Crippen molar-refractivity contribution in [2.75, 3.05) is 13.1 Å². The van der Waals surface area contributed by atoms with Gasteiger partial charge in [-0.15, -0.1) is 0 Å². The molecule has 2 aliphatic carbocycles. The third kappa shape index (κ3) is 1.71. The standard InChI is InChI=1S/C15H20N2/c1-2-4-10(5-3-1)13-7-14(13)17-15-11-6-12(15)9-16-8-11/h1-5,11-17H,6-9H2/t11-,12?,13?,14?,15?/m0/s1. The number of fused-ring (bicyclic) bond motifs is 2. The minimum Gasteiger partial charge on any atom is -0.316 e. The van der Waals surface area contributed by atoms with Gasteiger partial charge < -0.3 is 10.6 Å². The molecule has 0 aromatic heterocycles. The maximum Gasteiger partial charge on any atom is 0.0151 e. The van der Waals surface area contributed by atoms with Gasteiger partial charge in [0.25, 0.3) is 0 Å². The summed E-state index contributed by atoms with van der Waals surface area (Å²) in [5.41, 5.74) is 1.52. The minimum atomic E-state index is 0.755. The monoisotopic (exact) mass is 228 g/mol. The van der Waals surface area contributed by atoms with Crippen LogP contribution in [0.15, 0.2) is 30.3 Å². The van der Waals surface area contributed by atoms with Gasteiger partial charge in [-0.05, 0) is 43.3 Å². The highest BCUT2D eigenvalue weighted by Gasteiger charge is 2.48. The Morgan fingerprint density at radius 3 is 2.47 bits per heavy atom. The van der Waals surface area contributed by atoms with Crippen LogP contribution in [-0.2, 0) is 0 Å². The van der Waals surface area contributed by atoms with Crippen LogP contribution in [-0.4, -0.2) is 25.2 Å². The van der Waals surface area contributed by atoms with Gasteiger partial charge >= 0.3 is 0 Å². The molecular formula is C15H20N2. The average molecular weight is 228 g/mol. The topological polar surface area (TPSA) is 24.1 Å². The molecule has 3 fully saturated rings. The maximum atomic E-state index is 3.90. The van der Waals surface area contributed by atoms with E-state index in [9.17, 15) is 0 Å². The summed E-state index contributed by atoms with van der Waals surface area (Å²) in [6.45, 7) is 2.47. The van der Waals surface area contributed by atoms with E-state index in [2.05, 4.69) is 41.0 Å². The highest BCUT2D eigenvalue weighted by atomic mass is 15.1. The molecule has 1 heterocycles. The second kappa shape index (κ2) is 3.82. The number of benzene rings is 1. The molecule has 4 rings (SSSR count). The van der Waals surface area contributed by atoms with E-state index in [1.54, 1.807) is 0 Å². The second-order valence-corrected chi connectivity index (χ2v) is 5.97. The summed E-state index contributed by atoms with van der Waals surface area (Å²) in [5.74, 6) is 2.60. The van der Waals surface area contributed by atoms with Crippen molar-refractivity contribution < 1.29 is 0 Å². The molecule has 1 aliphatic heterocycles. The predicted molar refractivity (Wildman–Crippen MR) is 69.0 cm³/mol. The molecule has 0 spiro atoms. The van der Waals surface area contributed by atoms with Crippen molar-refractivity contribution >= 4 is 0 Å². The molecule has 1 saturated heterocycles. The quantitative estimate of drug-likeness (QED) is 0.823. The Kier molecular flexibility index (Phi) is 2.27. The molecule has 0 radical (unpaired) electrons. The van der Waals surface area contributed by atoms with Crippen LogP contribution in [0.2, 0.25) is 0 Å². The van der Waals surface area contributed by atoms with Crippen molar-refractivity contribution in [1.29, 1.82) is 0 Å². The Morgan fingerprint density at radius 1 is 1.00 bits per heavy atom. The van der Waals surface area contributed by atoms with Crippen molar-refractivity contribution in [2.24, 2.45) is 11.8 Å². The third-order valence-corrected chi connectivity index (χ3v) is 4.86. The van der Waals surface area contributed by atoms with E-state index in [-0.39, 0.29) is 0 Å². The smallest absolute Gasteiger partial charge is 0.0151 e. The Balaban J connectivity index is 1.37. The van der Waals surface area contributed by atoms with Crippen LogP contribution in [0.5, 0.6) is 0 Å². The van der Waals surface area contributed by atoms with E-state index in [4.69, 9.17) is 0 Å². The van der Waals surface area contributed by atoms with E-state index in [1.807, 2.05) is 0 Å². The first-order chi connectivity index (χ1) is 8.42. The number of hydrogen-bond donors (Lipinski definition) is 2. The normalized spacial score (nSPS) is 42.9. The summed E-state index contributed by atoms with van der Waals surface area (Å²) in [6.07, 6.45) is 2.79. The molecule has 4 unspecified atom stereocenters. The zero-order valence-electron chi connectivity index (χ0n) is 10.1. The first kappa shape index (κ1) is 10.1. The van der Waals surface area contributed by atoms with E-state index in [0.717, 1.165) is 29.8 Å². The van der Waals surface area contributed by atoms with Gasteiger partial charge in [0.2, 0.25) is 0 Å². The van der Waals surface area contributed by atoms with Crippen molar-refractivity contribution in [3.8, 4) is 0 Å². The van der Waals surface area contributed by atoms with Gasteiger partial charge in [0.15, 0.2) is 0 Å². The summed E-state index contributed by atoms with van der Waals surface area (Å²) in [5, 5.41) is 7.41. The lowest BCUT2D eigenvalue weighted by Gasteiger charge is -2.50. The molecule has 17 heavy (non-hydrogen) atoms. The fourth-order valence-electron chi connectivity index (χ4n) is 3.71. The van der Waals surface area contributed by atoms with Gasteiger partial charge in [-0.2, -0.15) is 0 Å². The third-order valence-electron chi connectivity index (χ3n) is 4.86. The molecule has 2 saturated carbocycles. The van der Waals surface area contributed by atoms with Crippen molar-refractivity contribution in [1.82, 2.24) is 10.6 Å². The fourth-order valence-corrected chi connectivity index (χ4v) is 3.71. The van der Waals surface area contributed by atoms with Gasteiger partial charge in [-0.25, -0.2) is 0 Å². The Bertz CT molecular complexity index is 389. The zero-order valence-corrected chi connectivity index (χ0v) is 10.1. The molecule has 90 valence electrons. The first-order valence-corrected chi connectivity index (χ1v) is 6.93. The molecule has 2 heteroatoms. The van der Waals surface area contributed by atoms with E-state index < -0.39 is 0 Å². The van der Waals surface area contributed by atoms with Crippen LogP contribution >= 0.6 is 0 Å². The number of rotatable bonds is 3. The summed E-state index contributed by atoms with van der Waals surface area (Å²) < 4.78 is 0. The average Bonchev–Trinajstić information content (AvgIpc) is 3.17. The Labute approximate surface area is 103 Å². The lowest BCUT2D eigenvalue weighted by atomic mass is 9.67. The van der Waals surface area contributed by atoms with E-state index in [1.165, 1.54) is 31.5 Å². The molecule has 2 N–H and O–H groups in total. The van der Waals surface area contributed by atoms with Crippen LogP contribution in [0.3, 0.4) is 0 Å². The number of nitrogens with one attached hydrogen (secondary N) is 2. The largest absolute Gasteiger partial charge is 0.316 e. The number of piperidine rings is 2. The molecule has 1 aromatic rings. The van der Waals surface area contributed by atoms with Gasteiger partial charge in [0.05, 0.1) is 0 Å². The molecule has 5 atom stereocenters.